The lowest BCUT2D eigenvalue weighted by Crippen LogP contribution is -2.38. The molecule has 0 aliphatic carbocycles. The van der Waals surface area contributed by atoms with Crippen molar-refractivity contribution < 1.29 is 17.9 Å². The fraction of sp³-hybridized carbons (Fsp3) is 0.0385. The third kappa shape index (κ3) is 5.95. The lowest BCUT2D eigenvalue weighted by Gasteiger charge is -2.25. The van der Waals surface area contributed by atoms with Crippen molar-refractivity contribution in [1.82, 2.24) is 0 Å². The number of hydrogen-bond donors (Lipinski definition) is 1. The van der Waals surface area contributed by atoms with Crippen molar-refractivity contribution in [3.05, 3.63) is 113 Å². The van der Waals surface area contributed by atoms with Crippen LogP contribution in [0.4, 0.5) is 11.4 Å². The second-order valence-corrected chi connectivity index (χ2v) is 10.1. The van der Waals surface area contributed by atoms with Crippen molar-refractivity contribution in [1.29, 1.82) is 0 Å². The summed E-state index contributed by atoms with van der Waals surface area (Å²) in [4.78, 5) is 13.1. The molecule has 0 saturated carbocycles. The second kappa shape index (κ2) is 10.8. The topological polar surface area (TPSA) is 75.7 Å². The molecule has 1 N–H and O–H groups in total. The summed E-state index contributed by atoms with van der Waals surface area (Å²) in [6.07, 6.45) is 0. The molecule has 4 aromatic carbocycles. The first-order valence-electron chi connectivity index (χ1n) is 10.5. The number of ether oxygens (including phenoxy) is 1. The number of nitrogens with one attached hydrogen (secondary N) is 1. The predicted molar refractivity (Wildman–Crippen MR) is 139 cm³/mol. The van der Waals surface area contributed by atoms with Gasteiger partial charge < -0.3 is 10.1 Å². The van der Waals surface area contributed by atoms with Gasteiger partial charge in [-0.15, -0.1) is 0 Å². The third-order valence-electron chi connectivity index (χ3n) is 4.93. The summed E-state index contributed by atoms with van der Waals surface area (Å²) >= 11 is 12.3. The Morgan fingerprint density at radius 3 is 2.14 bits per heavy atom. The zero-order chi connectivity index (χ0) is 24.8. The first kappa shape index (κ1) is 24.6. The lowest BCUT2D eigenvalue weighted by atomic mass is 10.2. The van der Waals surface area contributed by atoms with Gasteiger partial charge in [-0.2, -0.15) is 0 Å². The van der Waals surface area contributed by atoms with Gasteiger partial charge in [0.1, 0.15) is 12.3 Å². The highest BCUT2D eigenvalue weighted by molar-refractivity contribution is 7.92. The van der Waals surface area contributed by atoms with E-state index < -0.39 is 22.5 Å². The normalized spacial score (nSPS) is 11.0. The molecule has 0 aromatic heterocycles. The maximum absolute atomic E-state index is 13.5. The van der Waals surface area contributed by atoms with Crippen LogP contribution in [-0.4, -0.2) is 20.9 Å². The van der Waals surface area contributed by atoms with E-state index in [-0.39, 0.29) is 15.6 Å². The molecule has 0 aliphatic heterocycles. The number of halogens is 2. The molecule has 1 amide bonds. The van der Waals surface area contributed by atoms with E-state index >= 15 is 0 Å². The van der Waals surface area contributed by atoms with Crippen LogP contribution in [-0.2, 0) is 14.8 Å². The molecule has 0 radical (unpaired) electrons. The summed E-state index contributed by atoms with van der Waals surface area (Å²) in [5.41, 5.74) is 0.518. The van der Waals surface area contributed by atoms with E-state index in [1.807, 2.05) is 18.2 Å². The second-order valence-electron chi connectivity index (χ2n) is 7.38. The van der Waals surface area contributed by atoms with Crippen molar-refractivity contribution in [3.63, 3.8) is 0 Å². The number of hydrogen-bond acceptors (Lipinski definition) is 4. The maximum atomic E-state index is 13.5. The summed E-state index contributed by atoms with van der Waals surface area (Å²) < 4.78 is 33.8. The fourth-order valence-corrected chi connectivity index (χ4v) is 5.32. The molecule has 4 aromatic rings. The van der Waals surface area contributed by atoms with Gasteiger partial charge in [-0.3, -0.25) is 9.10 Å². The number of sulfonamides is 1. The Labute approximate surface area is 213 Å². The van der Waals surface area contributed by atoms with Gasteiger partial charge in [0.25, 0.3) is 10.0 Å². The van der Waals surface area contributed by atoms with E-state index in [4.69, 9.17) is 27.9 Å². The number of anilines is 2. The van der Waals surface area contributed by atoms with Crippen LogP contribution in [0.5, 0.6) is 11.5 Å². The molecule has 178 valence electrons. The average molecular weight is 527 g/mol. The van der Waals surface area contributed by atoms with Crippen LogP contribution in [0, 0.1) is 0 Å². The molecule has 4 rings (SSSR count). The quantitative estimate of drug-likeness (QED) is 0.280. The Hall–Kier alpha value is -3.52. The largest absolute Gasteiger partial charge is 0.455 e. The lowest BCUT2D eigenvalue weighted by molar-refractivity contribution is -0.114. The Morgan fingerprint density at radius 2 is 1.46 bits per heavy atom. The molecule has 0 heterocycles. The number of benzene rings is 4. The van der Waals surface area contributed by atoms with Gasteiger partial charge in [-0.25, -0.2) is 8.42 Å². The summed E-state index contributed by atoms with van der Waals surface area (Å²) in [5.74, 6) is 0.420. The standard InChI is InChI=1S/C26H20Cl2N2O4S/c27-19-15-16-24(22(28)17-19)30(35(32,33)21-11-5-2-6-12-21)18-26(31)29-23-13-7-8-14-25(23)34-20-9-3-1-4-10-20/h1-17H,18H2,(H,29,31). The number of para-hydroxylation sites is 3. The van der Waals surface area contributed by atoms with Crippen molar-refractivity contribution in [2.75, 3.05) is 16.2 Å². The van der Waals surface area contributed by atoms with Gasteiger partial charge in [0.15, 0.2) is 5.75 Å². The highest BCUT2D eigenvalue weighted by Gasteiger charge is 2.29. The number of carbonyl (C=O) groups is 1. The summed E-state index contributed by atoms with van der Waals surface area (Å²) in [5, 5.41) is 3.18. The average Bonchev–Trinajstić information content (AvgIpc) is 2.85. The van der Waals surface area contributed by atoms with Gasteiger partial charge in [-0.1, -0.05) is 71.7 Å². The van der Waals surface area contributed by atoms with Gasteiger partial charge in [-0.05, 0) is 54.6 Å². The minimum absolute atomic E-state index is 0.0200. The van der Waals surface area contributed by atoms with E-state index in [9.17, 15) is 13.2 Å². The van der Waals surface area contributed by atoms with Crippen LogP contribution >= 0.6 is 23.2 Å². The van der Waals surface area contributed by atoms with Crippen molar-refractivity contribution in [3.8, 4) is 11.5 Å². The third-order valence-corrected chi connectivity index (χ3v) is 7.24. The first-order valence-corrected chi connectivity index (χ1v) is 12.7. The van der Waals surface area contributed by atoms with Crippen LogP contribution in [0.1, 0.15) is 0 Å². The van der Waals surface area contributed by atoms with Crippen molar-refractivity contribution in [2.45, 2.75) is 4.90 Å². The van der Waals surface area contributed by atoms with Crippen LogP contribution in [0.25, 0.3) is 0 Å². The monoisotopic (exact) mass is 526 g/mol. The number of carbonyl (C=O) groups excluding carboxylic acids is 1. The van der Waals surface area contributed by atoms with E-state index in [1.165, 1.54) is 30.3 Å². The number of amides is 1. The van der Waals surface area contributed by atoms with E-state index in [1.54, 1.807) is 54.6 Å². The Balaban J connectivity index is 1.64. The molecule has 0 bridgehead atoms. The molecule has 9 heteroatoms. The van der Waals surface area contributed by atoms with E-state index in [0.29, 0.717) is 22.2 Å². The van der Waals surface area contributed by atoms with Gasteiger partial charge >= 0.3 is 0 Å². The Bertz CT molecular complexity index is 1430. The Morgan fingerprint density at radius 1 is 0.829 bits per heavy atom. The number of rotatable bonds is 8. The minimum atomic E-state index is -4.12. The van der Waals surface area contributed by atoms with Crippen LogP contribution in [0.3, 0.4) is 0 Å². The minimum Gasteiger partial charge on any atom is -0.455 e. The smallest absolute Gasteiger partial charge is 0.264 e. The SMILES string of the molecule is O=C(CN(c1ccc(Cl)cc1Cl)S(=O)(=O)c1ccccc1)Nc1ccccc1Oc1ccccc1. The zero-order valence-electron chi connectivity index (χ0n) is 18.3. The van der Waals surface area contributed by atoms with Crippen LogP contribution < -0.4 is 14.4 Å². The predicted octanol–water partition coefficient (Wildman–Crippen LogP) is 6.62. The number of nitrogens with zero attached hydrogens (tertiary/aromatic N) is 1. The molecular weight excluding hydrogens is 507 g/mol. The summed E-state index contributed by atoms with van der Waals surface area (Å²) in [6.45, 7) is -0.530. The molecule has 0 spiro atoms. The van der Waals surface area contributed by atoms with Crippen molar-refractivity contribution in [2.24, 2.45) is 0 Å². The molecule has 35 heavy (non-hydrogen) atoms. The molecule has 0 unspecified atom stereocenters. The van der Waals surface area contributed by atoms with Crippen LogP contribution in [0.2, 0.25) is 10.0 Å². The maximum Gasteiger partial charge on any atom is 0.264 e. The molecule has 0 fully saturated rings. The molecular formula is C26H20Cl2N2O4S. The van der Waals surface area contributed by atoms with E-state index in [2.05, 4.69) is 5.32 Å². The van der Waals surface area contributed by atoms with Crippen LogP contribution in [0.15, 0.2) is 108 Å². The van der Waals surface area contributed by atoms with Gasteiger partial charge in [0.05, 0.1) is 21.3 Å². The fourth-order valence-electron chi connectivity index (χ4n) is 3.30. The van der Waals surface area contributed by atoms with Gasteiger partial charge in [0.2, 0.25) is 5.91 Å². The summed E-state index contributed by atoms with van der Waals surface area (Å²) in [6, 6.07) is 28.2. The molecule has 0 saturated heterocycles. The molecule has 0 atom stereocenters. The highest BCUT2D eigenvalue weighted by Crippen LogP contribution is 2.33. The van der Waals surface area contributed by atoms with E-state index in [0.717, 1.165) is 4.31 Å². The Kier molecular flexibility index (Phi) is 7.60. The summed E-state index contributed by atoms with van der Waals surface area (Å²) in [7, 11) is -4.12. The van der Waals surface area contributed by atoms with Crippen molar-refractivity contribution >= 4 is 50.5 Å². The van der Waals surface area contributed by atoms with Gasteiger partial charge in [0, 0.05) is 5.02 Å². The first-order chi connectivity index (χ1) is 16.8. The zero-order valence-corrected chi connectivity index (χ0v) is 20.6. The molecule has 6 nitrogen and oxygen atoms in total. The molecule has 0 aliphatic rings. The highest BCUT2D eigenvalue weighted by atomic mass is 35.5.